The molecule has 1 aromatic carbocycles. The molecule has 0 aromatic heterocycles. The molecule has 1 heterocycles. The lowest BCUT2D eigenvalue weighted by atomic mass is 10.2. The second-order valence-corrected chi connectivity index (χ2v) is 4.24. The fraction of sp³-hybridized carbons (Fsp3) is 0.308. The molecule has 7 heteroatoms. The van der Waals surface area contributed by atoms with E-state index in [1.807, 2.05) is 0 Å². The highest BCUT2D eigenvalue weighted by Gasteiger charge is 2.23. The fourth-order valence-corrected chi connectivity index (χ4v) is 1.79. The van der Waals surface area contributed by atoms with Crippen LogP contribution in [0.15, 0.2) is 24.3 Å². The van der Waals surface area contributed by atoms with Gasteiger partial charge in [-0.2, -0.15) is 0 Å². The van der Waals surface area contributed by atoms with E-state index in [-0.39, 0.29) is 5.56 Å². The number of ether oxygens (including phenoxy) is 1. The van der Waals surface area contributed by atoms with Gasteiger partial charge in [0.15, 0.2) is 0 Å². The third kappa shape index (κ3) is 3.33. The van der Waals surface area contributed by atoms with Crippen LogP contribution in [0, 0.1) is 0 Å². The molecule has 0 unspecified atom stereocenters. The van der Waals surface area contributed by atoms with Crippen molar-refractivity contribution >= 4 is 23.5 Å². The summed E-state index contributed by atoms with van der Waals surface area (Å²) in [5, 5.41) is 11.2. The smallest absolute Gasteiger partial charge is 0.335 e. The van der Waals surface area contributed by atoms with Crippen LogP contribution in [-0.2, 0) is 14.3 Å². The molecule has 0 saturated carbocycles. The molecule has 1 aliphatic rings. The maximum Gasteiger partial charge on any atom is 0.335 e. The number of hydrogen-bond acceptors (Lipinski definition) is 4. The van der Waals surface area contributed by atoms with Gasteiger partial charge in [0.2, 0.25) is 0 Å². The predicted octanol–water partition coefficient (Wildman–Crippen LogP) is 0.182. The summed E-state index contributed by atoms with van der Waals surface area (Å²) in [6.45, 7) is 1.63. The third-order valence-electron chi connectivity index (χ3n) is 2.88. The molecule has 0 radical (unpaired) electrons. The minimum atomic E-state index is -1.05. The number of amides is 2. The normalized spacial score (nSPS) is 14.7. The van der Waals surface area contributed by atoms with E-state index >= 15 is 0 Å². The summed E-state index contributed by atoms with van der Waals surface area (Å²) in [6, 6.07) is 5.59. The number of nitrogens with one attached hydrogen (secondary N) is 1. The Morgan fingerprint density at radius 3 is 2.25 bits per heavy atom. The summed E-state index contributed by atoms with van der Waals surface area (Å²) in [5.74, 6) is -2.40. The lowest BCUT2D eigenvalue weighted by Crippen LogP contribution is -2.45. The van der Waals surface area contributed by atoms with Crippen molar-refractivity contribution in [3.63, 3.8) is 0 Å². The summed E-state index contributed by atoms with van der Waals surface area (Å²) in [5.41, 5.74) is 0.490. The van der Waals surface area contributed by atoms with Gasteiger partial charge >= 0.3 is 17.8 Å². The molecule has 0 aliphatic carbocycles. The Balaban J connectivity index is 1.96. The quantitative estimate of drug-likeness (QED) is 0.752. The second-order valence-electron chi connectivity index (χ2n) is 4.24. The van der Waals surface area contributed by atoms with Crippen LogP contribution in [0.1, 0.15) is 10.4 Å². The van der Waals surface area contributed by atoms with Crippen molar-refractivity contribution in [2.45, 2.75) is 0 Å². The SMILES string of the molecule is O=C(Nc1ccc(C(=O)O)cc1)C(=O)N1CCOCC1. The van der Waals surface area contributed by atoms with Gasteiger partial charge in [-0.05, 0) is 24.3 Å². The van der Waals surface area contributed by atoms with Crippen molar-refractivity contribution in [2.24, 2.45) is 0 Å². The van der Waals surface area contributed by atoms with Gasteiger partial charge in [0.05, 0.1) is 18.8 Å². The van der Waals surface area contributed by atoms with Crippen molar-refractivity contribution < 1.29 is 24.2 Å². The highest BCUT2D eigenvalue weighted by Crippen LogP contribution is 2.10. The van der Waals surface area contributed by atoms with Gasteiger partial charge in [-0.15, -0.1) is 0 Å². The first-order chi connectivity index (χ1) is 9.58. The van der Waals surface area contributed by atoms with Crippen LogP contribution in [0.3, 0.4) is 0 Å². The molecule has 1 aliphatic heterocycles. The lowest BCUT2D eigenvalue weighted by molar-refractivity contribution is -0.145. The van der Waals surface area contributed by atoms with Crippen LogP contribution in [0.5, 0.6) is 0 Å². The maximum atomic E-state index is 11.8. The zero-order chi connectivity index (χ0) is 14.5. The molecule has 2 rings (SSSR count). The van der Waals surface area contributed by atoms with Crippen molar-refractivity contribution in [3.05, 3.63) is 29.8 Å². The standard InChI is InChI=1S/C13H14N2O5/c16-11(12(17)15-5-7-20-8-6-15)14-10-3-1-9(2-4-10)13(18)19/h1-4H,5-8H2,(H,14,16)(H,18,19). The number of rotatable bonds is 2. The summed E-state index contributed by atoms with van der Waals surface area (Å²) < 4.78 is 5.10. The molecule has 20 heavy (non-hydrogen) atoms. The van der Waals surface area contributed by atoms with Gasteiger partial charge in [-0.1, -0.05) is 0 Å². The van der Waals surface area contributed by atoms with Crippen molar-refractivity contribution in [1.82, 2.24) is 4.90 Å². The molecule has 1 saturated heterocycles. The van der Waals surface area contributed by atoms with E-state index in [9.17, 15) is 14.4 Å². The number of nitrogens with zero attached hydrogens (tertiary/aromatic N) is 1. The first-order valence-electron chi connectivity index (χ1n) is 6.09. The van der Waals surface area contributed by atoms with Crippen LogP contribution in [0.2, 0.25) is 0 Å². The first-order valence-corrected chi connectivity index (χ1v) is 6.09. The minimum absolute atomic E-state index is 0.113. The van der Waals surface area contributed by atoms with Gasteiger partial charge in [0.1, 0.15) is 0 Å². The van der Waals surface area contributed by atoms with Crippen molar-refractivity contribution in [3.8, 4) is 0 Å². The van der Waals surface area contributed by atoms with E-state index in [0.29, 0.717) is 32.0 Å². The molecule has 0 atom stereocenters. The number of carboxylic acids is 1. The Hall–Kier alpha value is -2.41. The zero-order valence-corrected chi connectivity index (χ0v) is 10.7. The van der Waals surface area contributed by atoms with E-state index in [1.165, 1.54) is 29.2 Å². The average molecular weight is 278 g/mol. The highest BCUT2D eigenvalue weighted by molar-refractivity contribution is 6.39. The monoisotopic (exact) mass is 278 g/mol. The molecule has 7 nitrogen and oxygen atoms in total. The molecule has 0 spiro atoms. The predicted molar refractivity (Wildman–Crippen MR) is 69.4 cm³/mol. The summed E-state index contributed by atoms with van der Waals surface area (Å²) >= 11 is 0. The van der Waals surface area contributed by atoms with Gasteiger partial charge in [-0.25, -0.2) is 4.79 Å². The van der Waals surface area contributed by atoms with Crippen LogP contribution >= 0.6 is 0 Å². The fourth-order valence-electron chi connectivity index (χ4n) is 1.79. The van der Waals surface area contributed by atoms with Gasteiger partial charge in [0.25, 0.3) is 0 Å². The van der Waals surface area contributed by atoms with E-state index < -0.39 is 17.8 Å². The van der Waals surface area contributed by atoms with Crippen molar-refractivity contribution in [1.29, 1.82) is 0 Å². The molecular formula is C13H14N2O5. The number of carbonyl (C=O) groups excluding carboxylic acids is 2. The topological polar surface area (TPSA) is 95.9 Å². The van der Waals surface area contributed by atoms with E-state index in [2.05, 4.69) is 5.32 Å². The number of aromatic carboxylic acids is 1. The number of benzene rings is 1. The van der Waals surface area contributed by atoms with Crippen LogP contribution in [0.4, 0.5) is 5.69 Å². The third-order valence-corrected chi connectivity index (χ3v) is 2.88. The van der Waals surface area contributed by atoms with E-state index in [1.54, 1.807) is 0 Å². The van der Waals surface area contributed by atoms with E-state index in [4.69, 9.17) is 9.84 Å². The Kier molecular flexibility index (Phi) is 4.31. The molecular weight excluding hydrogens is 264 g/mol. The Morgan fingerprint density at radius 2 is 1.70 bits per heavy atom. The van der Waals surface area contributed by atoms with Gasteiger partial charge in [0, 0.05) is 18.8 Å². The molecule has 2 amide bonds. The summed E-state index contributed by atoms with van der Waals surface area (Å²) in [7, 11) is 0. The zero-order valence-electron chi connectivity index (χ0n) is 10.7. The van der Waals surface area contributed by atoms with Crippen LogP contribution in [0.25, 0.3) is 0 Å². The highest BCUT2D eigenvalue weighted by atomic mass is 16.5. The second kappa shape index (κ2) is 6.16. The molecule has 106 valence electrons. The molecule has 1 fully saturated rings. The van der Waals surface area contributed by atoms with Crippen LogP contribution < -0.4 is 5.32 Å². The average Bonchev–Trinajstić information content (AvgIpc) is 2.48. The van der Waals surface area contributed by atoms with Crippen LogP contribution in [-0.4, -0.2) is 54.1 Å². The number of morpholine rings is 1. The number of hydrogen-bond donors (Lipinski definition) is 2. The largest absolute Gasteiger partial charge is 0.478 e. The first kappa shape index (κ1) is 14.0. The number of anilines is 1. The maximum absolute atomic E-state index is 11.8. The summed E-state index contributed by atoms with van der Waals surface area (Å²) in [4.78, 5) is 35.7. The molecule has 0 bridgehead atoms. The minimum Gasteiger partial charge on any atom is -0.478 e. The Bertz CT molecular complexity index is 520. The molecule has 2 N–H and O–H groups in total. The Morgan fingerprint density at radius 1 is 1.10 bits per heavy atom. The van der Waals surface area contributed by atoms with E-state index in [0.717, 1.165) is 0 Å². The van der Waals surface area contributed by atoms with Crippen molar-refractivity contribution in [2.75, 3.05) is 31.6 Å². The summed E-state index contributed by atoms with van der Waals surface area (Å²) in [6.07, 6.45) is 0. The number of carbonyl (C=O) groups is 3. The lowest BCUT2D eigenvalue weighted by Gasteiger charge is -2.26. The van der Waals surface area contributed by atoms with Gasteiger partial charge < -0.3 is 20.1 Å². The van der Waals surface area contributed by atoms with Gasteiger partial charge in [-0.3, -0.25) is 9.59 Å². The number of carboxylic acid groups (broad SMARTS) is 1. The molecule has 1 aromatic rings. The Labute approximate surface area is 115 Å².